The molecule has 5 nitrogen and oxygen atoms in total. The molecular weight excluding hydrogens is 282 g/mol. The van der Waals surface area contributed by atoms with Crippen LogP contribution in [0.3, 0.4) is 0 Å². The van der Waals surface area contributed by atoms with E-state index < -0.39 is 0 Å². The highest BCUT2D eigenvalue weighted by atomic mass is 32.2. The van der Waals surface area contributed by atoms with E-state index in [1.807, 2.05) is 11.8 Å². The summed E-state index contributed by atoms with van der Waals surface area (Å²) in [6, 6.07) is 0.588. The molecule has 1 aliphatic carbocycles. The molecule has 1 unspecified atom stereocenters. The zero-order chi connectivity index (χ0) is 14.5. The van der Waals surface area contributed by atoms with Gasteiger partial charge in [0.25, 0.3) is 0 Å². The average molecular weight is 305 g/mol. The van der Waals surface area contributed by atoms with Crippen LogP contribution in [-0.4, -0.2) is 38.3 Å². The maximum atomic E-state index is 4.41. The number of nitrogens with zero attached hydrogens (tertiary/aromatic N) is 3. The van der Waals surface area contributed by atoms with E-state index in [1.165, 1.54) is 32.1 Å². The number of aromatic amines is 1. The Morgan fingerprint density at radius 3 is 3.00 bits per heavy atom. The van der Waals surface area contributed by atoms with Gasteiger partial charge >= 0.3 is 0 Å². The lowest BCUT2D eigenvalue weighted by molar-refractivity contribution is 0.388. The first-order chi connectivity index (χ1) is 10.4. The summed E-state index contributed by atoms with van der Waals surface area (Å²) >= 11 is 1.82. The van der Waals surface area contributed by atoms with Crippen molar-refractivity contribution in [2.45, 2.75) is 50.1 Å². The second-order valence-electron chi connectivity index (χ2n) is 5.70. The predicted octanol–water partition coefficient (Wildman–Crippen LogP) is 3.00. The molecule has 2 N–H and O–H groups in total. The van der Waals surface area contributed by atoms with Crippen molar-refractivity contribution in [3.8, 4) is 0 Å². The Labute approximate surface area is 129 Å². The molecule has 0 bridgehead atoms. The molecule has 21 heavy (non-hydrogen) atoms. The van der Waals surface area contributed by atoms with Crippen LogP contribution in [0.1, 0.15) is 39.0 Å². The molecule has 2 heterocycles. The summed E-state index contributed by atoms with van der Waals surface area (Å²) < 4.78 is 0. The van der Waals surface area contributed by atoms with Crippen LogP contribution in [0.25, 0.3) is 11.2 Å². The van der Waals surface area contributed by atoms with Crippen molar-refractivity contribution in [2.75, 3.05) is 12.3 Å². The number of thioether (sulfide) groups is 1. The minimum absolute atomic E-state index is 0.588. The Balaban J connectivity index is 1.66. The first-order valence-corrected chi connectivity index (χ1v) is 8.87. The van der Waals surface area contributed by atoms with Crippen LogP contribution in [0, 0.1) is 5.92 Å². The van der Waals surface area contributed by atoms with E-state index in [0.717, 1.165) is 34.4 Å². The van der Waals surface area contributed by atoms with Gasteiger partial charge < -0.3 is 10.3 Å². The summed E-state index contributed by atoms with van der Waals surface area (Å²) in [4.78, 5) is 15.9. The maximum Gasteiger partial charge on any atom is 0.181 e. The van der Waals surface area contributed by atoms with Crippen LogP contribution in [-0.2, 0) is 0 Å². The van der Waals surface area contributed by atoms with Gasteiger partial charge in [-0.25, -0.2) is 15.0 Å². The lowest BCUT2D eigenvalue weighted by atomic mass is 10.00. The molecule has 114 valence electrons. The van der Waals surface area contributed by atoms with E-state index >= 15 is 0 Å². The van der Waals surface area contributed by atoms with Gasteiger partial charge in [0, 0.05) is 11.8 Å². The van der Waals surface area contributed by atoms with Gasteiger partial charge in [0.1, 0.15) is 16.9 Å². The second-order valence-corrected chi connectivity index (χ2v) is 6.70. The molecule has 0 spiro atoms. The zero-order valence-electron chi connectivity index (χ0n) is 12.5. The zero-order valence-corrected chi connectivity index (χ0v) is 13.3. The number of H-pyrrole nitrogens is 1. The third kappa shape index (κ3) is 3.55. The molecule has 3 rings (SSSR count). The molecule has 0 aromatic carbocycles. The highest BCUT2D eigenvalue weighted by Gasteiger charge is 2.25. The van der Waals surface area contributed by atoms with E-state index in [1.54, 1.807) is 12.7 Å². The predicted molar refractivity (Wildman–Crippen MR) is 86.4 cm³/mol. The number of hydrogen-bond donors (Lipinski definition) is 2. The molecule has 0 saturated heterocycles. The Morgan fingerprint density at radius 1 is 1.33 bits per heavy atom. The summed E-state index contributed by atoms with van der Waals surface area (Å²) in [7, 11) is 0. The molecule has 1 atom stereocenters. The van der Waals surface area contributed by atoms with E-state index in [4.69, 9.17) is 0 Å². The van der Waals surface area contributed by atoms with E-state index in [2.05, 4.69) is 32.2 Å². The third-order valence-corrected chi connectivity index (χ3v) is 5.32. The molecule has 0 radical (unpaired) electrons. The van der Waals surface area contributed by atoms with Gasteiger partial charge in [-0.3, -0.25) is 0 Å². The summed E-state index contributed by atoms with van der Waals surface area (Å²) in [5.41, 5.74) is 1.72. The monoisotopic (exact) mass is 305 g/mol. The summed E-state index contributed by atoms with van der Waals surface area (Å²) in [6.07, 6.45) is 9.99. The van der Waals surface area contributed by atoms with Gasteiger partial charge in [-0.1, -0.05) is 19.8 Å². The van der Waals surface area contributed by atoms with Crippen molar-refractivity contribution in [2.24, 2.45) is 5.92 Å². The van der Waals surface area contributed by atoms with Crippen LogP contribution in [0.4, 0.5) is 0 Å². The molecule has 1 aliphatic rings. The molecule has 1 saturated carbocycles. The van der Waals surface area contributed by atoms with Crippen LogP contribution in [0.15, 0.2) is 17.7 Å². The average Bonchev–Trinajstić information content (AvgIpc) is 3.18. The minimum Gasteiger partial charge on any atom is -0.341 e. The number of fused-ring (bicyclic) bond motifs is 1. The fourth-order valence-electron chi connectivity index (χ4n) is 3.07. The minimum atomic E-state index is 0.588. The quantitative estimate of drug-likeness (QED) is 0.608. The van der Waals surface area contributed by atoms with Gasteiger partial charge in [-0.05, 0) is 31.7 Å². The summed E-state index contributed by atoms with van der Waals surface area (Å²) in [5, 5.41) is 4.75. The smallest absolute Gasteiger partial charge is 0.181 e. The fourth-order valence-corrected chi connectivity index (χ4v) is 4.22. The van der Waals surface area contributed by atoms with Gasteiger partial charge in [-0.2, -0.15) is 0 Å². The molecule has 6 heteroatoms. The Hall–Kier alpha value is -1.14. The normalized spacial score (nSPS) is 17.6. The third-order valence-electron chi connectivity index (χ3n) is 4.21. The van der Waals surface area contributed by atoms with Crippen molar-refractivity contribution >= 4 is 22.9 Å². The Kier molecular flexibility index (Phi) is 5.08. The number of imidazole rings is 1. The van der Waals surface area contributed by atoms with Crippen LogP contribution >= 0.6 is 11.8 Å². The van der Waals surface area contributed by atoms with Gasteiger partial charge in [0.15, 0.2) is 5.65 Å². The first-order valence-electron chi connectivity index (χ1n) is 7.88. The van der Waals surface area contributed by atoms with Gasteiger partial charge in [0.05, 0.1) is 6.33 Å². The SMILES string of the molecule is CCCNC(CSc1ncnc2nc[nH]c12)C1CCCC1. The molecule has 0 aliphatic heterocycles. The molecule has 2 aromatic heterocycles. The maximum absolute atomic E-state index is 4.41. The highest BCUT2D eigenvalue weighted by Crippen LogP contribution is 2.31. The van der Waals surface area contributed by atoms with Crippen LogP contribution in [0.5, 0.6) is 0 Å². The lowest BCUT2D eigenvalue weighted by Gasteiger charge is -2.24. The lowest BCUT2D eigenvalue weighted by Crippen LogP contribution is -2.37. The largest absolute Gasteiger partial charge is 0.341 e. The second kappa shape index (κ2) is 7.22. The number of aromatic nitrogens is 4. The number of nitrogens with one attached hydrogen (secondary N) is 2. The number of rotatable bonds is 7. The molecule has 0 amide bonds. The fraction of sp³-hybridized carbons (Fsp3) is 0.667. The highest BCUT2D eigenvalue weighted by molar-refractivity contribution is 7.99. The van der Waals surface area contributed by atoms with Crippen molar-refractivity contribution in [1.29, 1.82) is 0 Å². The standard InChI is InChI=1S/C15H23N5S/c1-2-7-16-12(11-5-3-4-6-11)8-21-15-13-14(18-9-17-13)19-10-20-15/h9-12,16H,2-8H2,1H3,(H,17,18,19,20). The van der Waals surface area contributed by atoms with Gasteiger partial charge in [-0.15, -0.1) is 11.8 Å². The molecular formula is C15H23N5S. The van der Waals surface area contributed by atoms with Gasteiger partial charge in [0.2, 0.25) is 0 Å². The summed E-state index contributed by atoms with van der Waals surface area (Å²) in [5.74, 6) is 1.89. The Morgan fingerprint density at radius 2 is 2.19 bits per heavy atom. The Bertz CT molecular complexity index is 564. The van der Waals surface area contributed by atoms with Crippen molar-refractivity contribution in [3.05, 3.63) is 12.7 Å². The van der Waals surface area contributed by atoms with Crippen molar-refractivity contribution < 1.29 is 0 Å². The topological polar surface area (TPSA) is 66.5 Å². The molecule has 1 fully saturated rings. The van der Waals surface area contributed by atoms with Crippen molar-refractivity contribution in [1.82, 2.24) is 25.3 Å². The van der Waals surface area contributed by atoms with E-state index in [0.29, 0.717) is 6.04 Å². The van der Waals surface area contributed by atoms with Crippen LogP contribution < -0.4 is 5.32 Å². The van der Waals surface area contributed by atoms with E-state index in [-0.39, 0.29) is 0 Å². The summed E-state index contributed by atoms with van der Waals surface area (Å²) in [6.45, 7) is 3.33. The van der Waals surface area contributed by atoms with E-state index in [9.17, 15) is 0 Å². The molecule has 2 aromatic rings. The van der Waals surface area contributed by atoms with Crippen molar-refractivity contribution in [3.63, 3.8) is 0 Å². The first kappa shape index (κ1) is 14.8. The number of hydrogen-bond acceptors (Lipinski definition) is 5. The van der Waals surface area contributed by atoms with Crippen LogP contribution in [0.2, 0.25) is 0 Å².